The fourth-order valence-electron chi connectivity index (χ4n) is 3.33. The molecule has 0 spiro atoms. The molecule has 2 aromatic heterocycles. The van der Waals surface area contributed by atoms with Crippen LogP contribution in [0.1, 0.15) is 24.2 Å². The summed E-state index contributed by atoms with van der Waals surface area (Å²) >= 11 is 0. The van der Waals surface area contributed by atoms with E-state index in [2.05, 4.69) is 67.7 Å². The minimum absolute atomic E-state index is 0.186. The minimum Gasteiger partial charge on any atom is -0.363 e. The van der Waals surface area contributed by atoms with Crippen LogP contribution in [0.25, 0.3) is 11.0 Å². The molecule has 0 saturated carbocycles. The minimum atomic E-state index is 0.186. The first-order valence-electron chi connectivity index (χ1n) is 8.87. The molecule has 1 atom stereocenters. The number of H-pyrrole nitrogens is 1. The number of hydrogen-bond donors (Lipinski definition) is 3. The fraction of sp³-hybridized carbons (Fsp3) is 0.368. The molecule has 1 aliphatic heterocycles. The third kappa shape index (κ3) is 3.65. The highest BCUT2D eigenvalue weighted by molar-refractivity contribution is 5.87. The summed E-state index contributed by atoms with van der Waals surface area (Å²) in [7, 11) is 0. The fourth-order valence-corrected chi connectivity index (χ4v) is 3.33. The van der Waals surface area contributed by atoms with Gasteiger partial charge in [0.25, 0.3) is 0 Å². The summed E-state index contributed by atoms with van der Waals surface area (Å²) in [4.78, 5) is 14.8. The topological polar surface area (TPSA) is 68.9 Å². The molecule has 1 fully saturated rings. The van der Waals surface area contributed by atoms with Crippen LogP contribution in [0, 0.1) is 0 Å². The molecule has 6 heteroatoms. The Morgan fingerprint density at radius 3 is 2.76 bits per heavy atom. The van der Waals surface area contributed by atoms with Gasteiger partial charge in [-0.1, -0.05) is 30.3 Å². The Kier molecular flexibility index (Phi) is 4.63. The molecular weight excluding hydrogens is 312 g/mol. The second-order valence-electron chi connectivity index (χ2n) is 6.58. The lowest BCUT2D eigenvalue weighted by atomic mass is 10.1. The van der Waals surface area contributed by atoms with E-state index in [4.69, 9.17) is 0 Å². The van der Waals surface area contributed by atoms with E-state index < -0.39 is 0 Å². The van der Waals surface area contributed by atoms with Crippen molar-refractivity contribution in [3.05, 3.63) is 54.0 Å². The number of fused-ring (bicyclic) bond motifs is 1. The van der Waals surface area contributed by atoms with Crippen molar-refractivity contribution in [2.24, 2.45) is 0 Å². The van der Waals surface area contributed by atoms with Crippen LogP contribution >= 0.6 is 0 Å². The summed E-state index contributed by atoms with van der Waals surface area (Å²) in [5.41, 5.74) is 3.32. The maximum absolute atomic E-state index is 4.47. The zero-order chi connectivity index (χ0) is 17.1. The molecule has 0 radical (unpaired) electrons. The van der Waals surface area contributed by atoms with E-state index in [1.807, 2.05) is 6.07 Å². The number of nitrogens with one attached hydrogen (secondary N) is 3. The molecule has 25 heavy (non-hydrogen) atoms. The molecule has 0 bridgehead atoms. The molecule has 0 aliphatic carbocycles. The van der Waals surface area contributed by atoms with Crippen LogP contribution in [-0.4, -0.2) is 46.0 Å². The third-order valence-electron chi connectivity index (χ3n) is 4.74. The van der Waals surface area contributed by atoms with Gasteiger partial charge in [0.2, 0.25) is 0 Å². The maximum atomic E-state index is 4.47. The summed E-state index contributed by atoms with van der Waals surface area (Å²) in [6, 6.07) is 12.8. The van der Waals surface area contributed by atoms with Crippen molar-refractivity contribution in [2.45, 2.75) is 19.5 Å². The molecule has 0 amide bonds. The summed E-state index contributed by atoms with van der Waals surface area (Å²) in [6.07, 6.45) is 1.62. The monoisotopic (exact) mass is 336 g/mol. The Morgan fingerprint density at radius 2 is 1.96 bits per heavy atom. The Morgan fingerprint density at radius 1 is 1.16 bits per heavy atom. The number of nitrogens with zero attached hydrogens (tertiary/aromatic N) is 3. The van der Waals surface area contributed by atoms with Crippen molar-refractivity contribution in [2.75, 3.05) is 31.5 Å². The summed E-state index contributed by atoms with van der Waals surface area (Å²) in [5.74, 6) is 0.879. The van der Waals surface area contributed by atoms with E-state index in [9.17, 15) is 0 Å². The maximum Gasteiger partial charge on any atom is 0.143 e. The first kappa shape index (κ1) is 16.1. The summed E-state index contributed by atoms with van der Waals surface area (Å²) in [5, 5.41) is 7.96. The van der Waals surface area contributed by atoms with E-state index in [0.29, 0.717) is 0 Å². The summed E-state index contributed by atoms with van der Waals surface area (Å²) in [6.45, 7) is 7.35. The highest BCUT2D eigenvalue weighted by atomic mass is 15.2. The van der Waals surface area contributed by atoms with Crippen molar-refractivity contribution >= 4 is 16.9 Å². The quantitative estimate of drug-likeness (QED) is 0.668. The number of piperazine rings is 1. The number of hydrogen-bond acceptors (Lipinski definition) is 5. The number of benzene rings is 1. The van der Waals surface area contributed by atoms with Gasteiger partial charge in [-0.15, -0.1) is 0 Å². The molecule has 1 unspecified atom stereocenters. The first-order chi connectivity index (χ1) is 12.3. The van der Waals surface area contributed by atoms with E-state index in [1.165, 1.54) is 11.3 Å². The molecule has 1 aliphatic rings. The SMILES string of the molecule is CC(Nc1ncnc2[nH]c(CN3CCNCC3)cc12)c1ccccc1. The van der Waals surface area contributed by atoms with Crippen LogP contribution in [0.3, 0.4) is 0 Å². The zero-order valence-electron chi connectivity index (χ0n) is 14.5. The van der Waals surface area contributed by atoms with Gasteiger partial charge in [-0.25, -0.2) is 9.97 Å². The van der Waals surface area contributed by atoms with Gasteiger partial charge in [0.1, 0.15) is 17.8 Å². The molecule has 3 heterocycles. The van der Waals surface area contributed by atoms with Crippen LogP contribution < -0.4 is 10.6 Å². The Hall–Kier alpha value is -2.44. The lowest BCUT2D eigenvalue weighted by Crippen LogP contribution is -2.42. The largest absolute Gasteiger partial charge is 0.363 e. The van der Waals surface area contributed by atoms with Crippen LogP contribution in [0.4, 0.5) is 5.82 Å². The van der Waals surface area contributed by atoms with Gasteiger partial charge in [0.05, 0.1) is 5.39 Å². The summed E-state index contributed by atoms with van der Waals surface area (Å²) < 4.78 is 0. The van der Waals surface area contributed by atoms with Gasteiger partial charge < -0.3 is 15.6 Å². The lowest BCUT2D eigenvalue weighted by molar-refractivity contribution is 0.231. The van der Waals surface area contributed by atoms with Crippen molar-refractivity contribution in [1.29, 1.82) is 0 Å². The average molecular weight is 336 g/mol. The second-order valence-corrected chi connectivity index (χ2v) is 6.58. The zero-order valence-corrected chi connectivity index (χ0v) is 14.5. The predicted molar refractivity (Wildman–Crippen MR) is 101 cm³/mol. The van der Waals surface area contributed by atoms with E-state index in [-0.39, 0.29) is 6.04 Å². The van der Waals surface area contributed by atoms with Gasteiger partial charge in [-0.05, 0) is 18.6 Å². The molecule has 3 aromatic rings. The predicted octanol–water partition coefficient (Wildman–Crippen LogP) is 2.54. The van der Waals surface area contributed by atoms with E-state index >= 15 is 0 Å². The Bertz CT molecular complexity index is 822. The van der Waals surface area contributed by atoms with E-state index in [0.717, 1.165) is 49.6 Å². The highest BCUT2D eigenvalue weighted by Crippen LogP contribution is 2.25. The van der Waals surface area contributed by atoms with Gasteiger partial charge in [0, 0.05) is 44.5 Å². The van der Waals surface area contributed by atoms with Crippen LogP contribution in [0.2, 0.25) is 0 Å². The number of aromatic amines is 1. The molecule has 6 nitrogen and oxygen atoms in total. The molecule has 130 valence electrons. The van der Waals surface area contributed by atoms with Crippen molar-refractivity contribution in [3.8, 4) is 0 Å². The van der Waals surface area contributed by atoms with Gasteiger partial charge in [-0.2, -0.15) is 0 Å². The normalized spacial score (nSPS) is 16.8. The van der Waals surface area contributed by atoms with Crippen molar-refractivity contribution in [3.63, 3.8) is 0 Å². The molecule has 3 N–H and O–H groups in total. The first-order valence-corrected chi connectivity index (χ1v) is 8.87. The van der Waals surface area contributed by atoms with Crippen LogP contribution in [-0.2, 0) is 6.54 Å². The molecular formula is C19H24N6. The number of rotatable bonds is 5. The van der Waals surface area contributed by atoms with Crippen LogP contribution in [0.15, 0.2) is 42.7 Å². The molecule has 1 saturated heterocycles. The molecule has 1 aromatic carbocycles. The van der Waals surface area contributed by atoms with E-state index in [1.54, 1.807) is 6.33 Å². The Balaban J connectivity index is 1.55. The smallest absolute Gasteiger partial charge is 0.143 e. The number of anilines is 1. The van der Waals surface area contributed by atoms with Crippen LogP contribution in [0.5, 0.6) is 0 Å². The Labute approximate surface area is 147 Å². The second kappa shape index (κ2) is 7.21. The highest BCUT2D eigenvalue weighted by Gasteiger charge is 2.14. The molecule has 4 rings (SSSR count). The number of aromatic nitrogens is 3. The third-order valence-corrected chi connectivity index (χ3v) is 4.74. The van der Waals surface area contributed by atoms with Gasteiger partial charge in [0.15, 0.2) is 0 Å². The van der Waals surface area contributed by atoms with Gasteiger partial charge >= 0.3 is 0 Å². The van der Waals surface area contributed by atoms with Gasteiger partial charge in [-0.3, -0.25) is 4.90 Å². The van der Waals surface area contributed by atoms with Crippen molar-refractivity contribution < 1.29 is 0 Å². The average Bonchev–Trinajstić information content (AvgIpc) is 3.07. The standard InChI is InChI=1S/C19H24N6/c1-14(15-5-3-2-4-6-15)23-18-17-11-16(24-19(17)22-13-21-18)12-25-9-7-20-8-10-25/h2-6,11,13-14,20H,7-10,12H2,1H3,(H2,21,22,23,24). The van der Waals surface area contributed by atoms with Crippen molar-refractivity contribution in [1.82, 2.24) is 25.2 Å². The lowest BCUT2D eigenvalue weighted by Gasteiger charge is -2.26.